The van der Waals surface area contributed by atoms with E-state index in [2.05, 4.69) is 34.8 Å². The maximum Gasteiger partial charge on any atom is 0.411 e. The zero-order valence-electron chi connectivity index (χ0n) is 17.4. The summed E-state index contributed by atoms with van der Waals surface area (Å²) in [6.45, 7) is 6.58. The maximum absolute atomic E-state index is 12.5. The van der Waals surface area contributed by atoms with Crippen LogP contribution in [0.4, 0.5) is 21.9 Å². The Morgan fingerprint density at radius 3 is 2.62 bits per heavy atom. The van der Waals surface area contributed by atoms with Gasteiger partial charge in [0, 0.05) is 17.8 Å². The van der Waals surface area contributed by atoms with Crippen molar-refractivity contribution in [2.75, 3.05) is 23.5 Å². The second-order valence-corrected chi connectivity index (χ2v) is 7.15. The van der Waals surface area contributed by atoms with E-state index in [1.165, 1.54) is 5.56 Å². The van der Waals surface area contributed by atoms with Crippen molar-refractivity contribution in [1.29, 1.82) is 0 Å². The molecule has 1 amide bonds. The summed E-state index contributed by atoms with van der Waals surface area (Å²) < 4.78 is 5.01. The molecule has 1 aliphatic rings. The number of ketones is 1. The minimum absolute atomic E-state index is 0.0202. The number of benzene rings is 2. The van der Waals surface area contributed by atoms with Gasteiger partial charge < -0.3 is 4.74 Å². The second kappa shape index (κ2) is 9.56. The van der Waals surface area contributed by atoms with Crippen molar-refractivity contribution >= 4 is 28.9 Å². The number of nitrogens with zero attached hydrogens (tertiary/aromatic N) is 1. The summed E-state index contributed by atoms with van der Waals surface area (Å²) in [5.74, 6) is -0.0202. The average Bonchev–Trinajstić information content (AvgIpc) is 2.85. The topological polar surface area (TPSA) is 70.7 Å². The van der Waals surface area contributed by atoms with Crippen molar-refractivity contribution in [2.24, 2.45) is 0 Å². The van der Waals surface area contributed by atoms with E-state index in [4.69, 9.17) is 4.74 Å². The third-order valence-electron chi connectivity index (χ3n) is 5.05. The van der Waals surface area contributed by atoms with Gasteiger partial charge in [0.15, 0.2) is 5.78 Å². The van der Waals surface area contributed by atoms with Crippen LogP contribution in [0.15, 0.2) is 36.4 Å². The highest BCUT2D eigenvalue weighted by atomic mass is 16.5. The first-order valence-electron chi connectivity index (χ1n) is 10.3. The van der Waals surface area contributed by atoms with Gasteiger partial charge in [-0.25, -0.2) is 10.2 Å². The van der Waals surface area contributed by atoms with E-state index in [1.54, 1.807) is 19.9 Å². The smallest absolute Gasteiger partial charge is 0.411 e. The van der Waals surface area contributed by atoms with Crippen LogP contribution >= 0.6 is 0 Å². The lowest BCUT2D eigenvalue weighted by Crippen LogP contribution is -2.35. The number of amides is 1. The SMILES string of the molecule is CCCCNN1c2ccccc2CCc2c(C(C)=O)cc(NC(=O)OCC)cc21. The van der Waals surface area contributed by atoms with Crippen molar-refractivity contribution in [3.05, 3.63) is 53.1 Å². The van der Waals surface area contributed by atoms with Gasteiger partial charge in [-0.3, -0.25) is 15.1 Å². The highest BCUT2D eigenvalue weighted by Crippen LogP contribution is 2.38. The fraction of sp³-hybridized carbons (Fsp3) is 0.391. The molecule has 1 aliphatic heterocycles. The van der Waals surface area contributed by atoms with Gasteiger partial charge in [-0.2, -0.15) is 0 Å². The number of ether oxygens (including phenoxy) is 1. The number of hydrogen-bond acceptors (Lipinski definition) is 5. The number of unbranched alkanes of at least 4 members (excludes halogenated alkanes) is 1. The van der Waals surface area contributed by atoms with E-state index in [0.717, 1.165) is 49.2 Å². The number of nitrogens with one attached hydrogen (secondary N) is 2. The van der Waals surface area contributed by atoms with Crippen molar-refractivity contribution in [2.45, 2.75) is 46.5 Å². The Labute approximate surface area is 172 Å². The third-order valence-corrected chi connectivity index (χ3v) is 5.05. The summed E-state index contributed by atoms with van der Waals surface area (Å²) in [5, 5.41) is 4.82. The number of carbonyl (C=O) groups excluding carboxylic acids is 2. The summed E-state index contributed by atoms with van der Waals surface area (Å²) in [6, 6.07) is 11.9. The van der Waals surface area contributed by atoms with Gasteiger partial charge in [0.1, 0.15) is 0 Å². The van der Waals surface area contributed by atoms with Crippen molar-refractivity contribution in [3.8, 4) is 0 Å². The molecule has 6 nitrogen and oxygen atoms in total. The lowest BCUT2D eigenvalue weighted by Gasteiger charge is -2.28. The number of Topliss-reactive ketones (excluding diaryl/α,β-unsaturated/α-hetero) is 1. The first kappa shape index (κ1) is 20.9. The summed E-state index contributed by atoms with van der Waals surface area (Å²) in [7, 11) is 0. The molecular formula is C23H29N3O3. The van der Waals surface area contributed by atoms with E-state index in [1.807, 2.05) is 18.2 Å². The molecule has 3 rings (SSSR count). The zero-order valence-corrected chi connectivity index (χ0v) is 17.4. The molecule has 0 aromatic heterocycles. The van der Waals surface area contributed by atoms with Crippen LogP contribution in [-0.2, 0) is 17.6 Å². The molecule has 0 aliphatic carbocycles. The van der Waals surface area contributed by atoms with Gasteiger partial charge in [0.05, 0.1) is 18.0 Å². The van der Waals surface area contributed by atoms with E-state index in [-0.39, 0.29) is 12.4 Å². The Morgan fingerprint density at radius 2 is 1.90 bits per heavy atom. The van der Waals surface area contributed by atoms with Gasteiger partial charge in [0.25, 0.3) is 0 Å². The fourth-order valence-corrected chi connectivity index (χ4v) is 3.66. The molecule has 2 aromatic rings. The number of fused-ring (bicyclic) bond motifs is 2. The molecular weight excluding hydrogens is 366 g/mol. The number of carbonyl (C=O) groups is 2. The number of aryl methyl sites for hydroxylation is 1. The van der Waals surface area contributed by atoms with Gasteiger partial charge in [-0.05, 0) is 62.4 Å². The third kappa shape index (κ3) is 4.77. The summed E-state index contributed by atoms with van der Waals surface area (Å²) in [6.07, 6.45) is 3.20. The minimum atomic E-state index is -0.526. The van der Waals surface area contributed by atoms with E-state index in [9.17, 15) is 9.59 Å². The largest absolute Gasteiger partial charge is 0.450 e. The van der Waals surface area contributed by atoms with E-state index in [0.29, 0.717) is 11.3 Å². The molecule has 0 bridgehead atoms. The molecule has 0 saturated heterocycles. The van der Waals surface area contributed by atoms with Gasteiger partial charge in [0.2, 0.25) is 0 Å². The number of para-hydroxylation sites is 1. The van der Waals surface area contributed by atoms with Crippen molar-refractivity contribution in [3.63, 3.8) is 0 Å². The molecule has 29 heavy (non-hydrogen) atoms. The Kier molecular flexibility index (Phi) is 6.88. The normalized spacial score (nSPS) is 12.6. The van der Waals surface area contributed by atoms with E-state index >= 15 is 0 Å². The molecule has 0 atom stereocenters. The highest BCUT2D eigenvalue weighted by molar-refractivity contribution is 6.00. The predicted molar refractivity (Wildman–Crippen MR) is 116 cm³/mol. The molecule has 0 saturated carbocycles. The Morgan fingerprint density at radius 1 is 1.10 bits per heavy atom. The molecule has 0 fully saturated rings. The highest BCUT2D eigenvalue weighted by Gasteiger charge is 2.25. The van der Waals surface area contributed by atoms with Gasteiger partial charge in [-0.15, -0.1) is 0 Å². The number of rotatable bonds is 7. The average molecular weight is 396 g/mol. The molecule has 2 aromatic carbocycles. The van der Waals surface area contributed by atoms with Crippen LogP contribution in [0, 0.1) is 0 Å². The van der Waals surface area contributed by atoms with Crippen molar-refractivity contribution in [1.82, 2.24) is 5.43 Å². The van der Waals surface area contributed by atoms with Crippen LogP contribution in [0.5, 0.6) is 0 Å². The zero-order chi connectivity index (χ0) is 20.8. The molecule has 154 valence electrons. The first-order valence-corrected chi connectivity index (χ1v) is 10.3. The summed E-state index contributed by atoms with van der Waals surface area (Å²) in [5.41, 5.74) is 8.89. The lowest BCUT2D eigenvalue weighted by molar-refractivity contribution is 0.101. The Bertz CT molecular complexity index is 895. The summed E-state index contributed by atoms with van der Waals surface area (Å²) in [4.78, 5) is 24.4. The van der Waals surface area contributed by atoms with Gasteiger partial charge >= 0.3 is 6.09 Å². The Balaban J connectivity index is 2.11. The van der Waals surface area contributed by atoms with Crippen LogP contribution < -0.4 is 15.8 Å². The van der Waals surface area contributed by atoms with Crippen LogP contribution in [0.2, 0.25) is 0 Å². The minimum Gasteiger partial charge on any atom is -0.450 e. The van der Waals surface area contributed by atoms with Crippen LogP contribution in [0.3, 0.4) is 0 Å². The van der Waals surface area contributed by atoms with Crippen LogP contribution in [0.25, 0.3) is 0 Å². The predicted octanol–water partition coefficient (Wildman–Crippen LogP) is 5.00. The molecule has 2 N–H and O–H groups in total. The number of hydrogen-bond donors (Lipinski definition) is 2. The lowest BCUT2D eigenvalue weighted by atomic mass is 9.96. The summed E-state index contributed by atoms with van der Waals surface area (Å²) >= 11 is 0. The second-order valence-electron chi connectivity index (χ2n) is 7.15. The molecule has 6 heteroatoms. The van der Waals surface area contributed by atoms with Gasteiger partial charge in [-0.1, -0.05) is 31.5 Å². The first-order chi connectivity index (χ1) is 14.0. The maximum atomic E-state index is 12.5. The van der Waals surface area contributed by atoms with Crippen molar-refractivity contribution < 1.29 is 14.3 Å². The van der Waals surface area contributed by atoms with Crippen LogP contribution in [-0.4, -0.2) is 25.0 Å². The molecule has 0 spiro atoms. The standard InChI is InChI=1S/C23H29N3O3/c1-4-6-13-24-26-21-10-8-7-9-17(21)11-12-19-20(16(3)27)14-18(15-22(19)26)25-23(28)29-5-2/h7-10,14-15,24H,4-6,11-13H2,1-3H3,(H,25,28). The van der Waals surface area contributed by atoms with Crippen LogP contribution in [0.1, 0.15) is 55.1 Å². The molecule has 0 unspecified atom stereocenters. The quantitative estimate of drug-likeness (QED) is 0.510. The Hall–Kier alpha value is -2.86. The number of anilines is 3. The van der Waals surface area contributed by atoms with E-state index < -0.39 is 6.09 Å². The number of hydrazine groups is 1. The fourth-order valence-electron chi connectivity index (χ4n) is 3.66. The monoisotopic (exact) mass is 395 g/mol. The molecule has 1 heterocycles. The molecule has 0 radical (unpaired) electrons.